The monoisotopic (exact) mass is 314 g/mol. The lowest BCUT2D eigenvalue weighted by Crippen LogP contribution is -2.36. The predicted molar refractivity (Wildman–Crippen MR) is 83.7 cm³/mol. The van der Waals surface area contributed by atoms with Gasteiger partial charge in [-0.3, -0.25) is 0 Å². The number of aliphatic hydroxyl groups excluding tert-OH is 1. The minimum Gasteiger partial charge on any atom is -0.480 e. The van der Waals surface area contributed by atoms with E-state index in [2.05, 4.69) is 0 Å². The summed E-state index contributed by atoms with van der Waals surface area (Å²) in [6.07, 6.45) is -0.940. The van der Waals surface area contributed by atoms with Crippen LogP contribution in [0.2, 0.25) is 0 Å². The number of carbonyl (C=O) groups excluding carboxylic acids is 1. The molecule has 0 saturated heterocycles. The molecule has 2 aromatic rings. The van der Waals surface area contributed by atoms with Crippen molar-refractivity contribution in [3.05, 3.63) is 59.7 Å². The average molecular weight is 314 g/mol. The summed E-state index contributed by atoms with van der Waals surface area (Å²) >= 11 is 0. The van der Waals surface area contributed by atoms with Gasteiger partial charge < -0.3 is 19.3 Å². The predicted octanol–water partition coefficient (Wildman–Crippen LogP) is 2.74. The molecule has 2 aromatic carbocycles. The van der Waals surface area contributed by atoms with Crippen LogP contribution in [0.1, 0.15) is 28.9 Å². The first-order chi connectivity index (χ1) is 11.2. The Kier molecular flexibility index (Phi) is 4.48. The van der Waals surface area contributed by atoms with Crippen LogP contribution in [-0.4, -0.2) is 30.4 Å². The number of hydrogen-bond acceptors (Lipinski definition) is 5. The molecule has 1 aliphatic rings. The SMILES string of the molecule is CCOC(=O)c1ccc2c(c1)OC(c1ccccc1)C(CO)O2. The molecule has 0 spiro atoms. The minimum atomic E-state index is -0.502. The molecule has 0 fully saturated rings. The first-order valence-corrected chi connectivity index (χ1v) is 7.53. The maximum Gasteiger partial charge on any atom is 0.338 e. The highest BCUT2D eigenvalue weighted by atomic mass is 16.6. The molecule has 1 heterocycles. The van der Waals surface area contributed by atoms with Gasteiger partial charge in [0, 0.05) is 0 Å². The highest BCUT2D eigenvalue weighted by Gasteiger charge is 2.32. The van der Waals surface area contributed by atoms with Gasteiger partial charge in [-0.15, -0.1) is 0 Å². The van der Waals surface area contributed by atoms with Crippen molar-refractivity contribution in [3.63, 3.8) is 0 Å². The highest BCUT2D eigenvalue weighted by Crippen LogP contribution is 2.40. The fourth-order valence-corrected chi connectivity index (χ4v) is 2.53. The largest absolute Gasteiger partial charge is 0.480 e. The van der Waals surface area contributed by atoms with E-state index in [1.54, 1.807) is 25.1 Å². The average Bonchev–Trinajstić information content (AvgIpc) is 2.61. The second kappa shape index (κ2) is 6.71. The van der Waals surface area contributed by atoms with Gasteiger partial charge in [0.2, 0.25) is 0 Å². The topological polar surface area (TPSA) is 65.0 Å². The van der Waals surface area contributed by atoms with Crippen molar-refractivity contribution >= 4 is 5.97 Å². The quantitative estimate of drug-likeness (QED) is 0.879. The highest BCUT2D eigenvalue weighted by molar-refractivity contribution is 5.90. The fraction of sp³-hybridized carbons (Fsp3) is 0.278. The zero-order chi connectivity index (χ0) is 16.2. The van der Waals surface area contributed by atoms with Gasteiger partial charge in [0.15, 0.2) is 23.7 Å². The molecule has 2 atom stereocenters. The number of benzene rings is 2. The Labute approximate surface area is 134 Å². The number of esters is 1. The Morgan fingerprint density at radius 1 is 1.13 bits per heavy atom. The summed E-state index contributed by atoms with van der Waals surface area (Å²) in [4.78, 5) is 11.8. The van der Waals surface area contributed by atoms with Crippen LogP contribution in [0.15, 0.2) is 48.5 Å². The van der Waals surface area contributed by atoms with Gasteiger partial charge in [0.05, 0.1) is 18.8 Å². The van der Waals surface area contributed by atoms with E-state index < -0.39 is 18.2 Å². The maximum absolute atomic E-state index is 11.8. The van der Waals surface area contributed by atoms with Gasteiger partial charge >= 0.3 is 5.97 Å². The van der Waals surface area contributed by atoms with Crippen molar-refractivity contribution in [1.29, 1.82) is 0 Å². The summed E-state index contributed by atoms with van der Waals surface area (Å²) in [7, 11) is 0. The summed E-state index contributed by atoms with van der Waals surface area (Å²) in [6, 6.07) is 14.4. The number of carbonyl (C=O) groups is 1. The Hall–Kier alpha value is -2.53. The van der Waals surface area contributed by atoms with Crippen LogP contribution in [0.25, 0.3) is 0 Å². The normalized spacial score (nSPS) is 19.2. The van der Waals surface area contributed by atoms with Crippen molar-refractivity contribution in [2.24, 2.45) is 0 Å². The summed E-state index contributed by atoms with van der Waals surface area (Å²) in [5.74, 6) is 0.567. The first kappa shape index (κ1) is 15.4. The molecule has 5 heteroatoms. The van der Waals surface area contributed by atoms with E-state index in [1.165, 1.54) is 0 Å². The molecule has 1 N–H and O–H groups in total. The summed E-state index contributed by atoms with van der Waals surface area (Å²) < 4.78 is 16.8. The lowest BCUT2D eigenvalue weighted by molar-refractivity contribution is -0.0124. The molecule has 2 unspecified atom stereocenters. The van der Waals surface area contributed by atoms with Crippen LogP contribution >= 0.6 is 0 Å². The van der Waals surface area contributed by atoms with Gasteiger partial charge in [0.1, 0.15) is 0 Å². The molecule has 0 aromatic heterocycles. The molecule has 0 aliphatic carbocycles. The second-order valence-corrected chi connectivity index (χ2v) is 5.17. The number of hydrogen-bond donors (Lipinski definition) is 1. The van der Waals surface area contributed by atoms with Crippen LogP contribution in [0, 0.1) is 0 Å². The molecule has 0 amide bonds. The summed E-state index contributed by atoms with van der Waals surface area (Å²) in [5.41, 5.74) is 1.31. The third-order valence-electron chi connectivity index (χ3n) is 3.63. The zero-order valence-electron chi connectivity index (χ0n) is 12.8. The fourth-order valence-electron chi connectivity index (χ4n) is 2.53. The number of fused-ring (bicyclic) bond motifs is 1. The lowest BCUT2D eigenvalue weighted by Gasteiger charge is -2.33. The van der Waals surface area contributed by atoms with Crippen LogP contribution < -0.4 is 9.47 Å². The summed E-state index contributed by atoms with van der Waals surface area (Å²) in [5, 5.41) is 9.58. The van der Waals surface area contributed by atoms with E-state index in [0.29, 0.717) is 23.7 Å². The van der Waals surface area contributed by atoms with E-state index in [4.69, 9.17) is 14.2 Å². The van der Waals surface area contributed by atoms with Gasteiger partial charge in [-0.25, -0.2) is 4.79 Å². The molecular formula is C18H18O5. The van der Waals surface area contributed by atoms with E-state index in [9.17, 15) is 9.90 Å². The van der Waals surface area contributed by atoms with E-state index >= 15 is 0 Å². The summed E-state index contributed by atoms with van der Waals surface area (Å²) in [6.45, 7) is 1.90. The molecule has 3 rings (SSSR count). The van der Waals surface area contributed by atoms with Gasteiger partial charge in [-0.2, -0.15) is 0 Å². The van der Waals surface area contributed by atoms with Gasteiger partial charge in [0.25, 0.3) is 0 Å². The van der Waals surface area contributed by atoms with Crippen molar-refractivity contribution < 1.29 is 24.1 Å². The van der Waals surface area contributed by atoms with Crippen molar-refractivity contribution in [1.82, 2.24) is 0 Å². The molecule has 0 radical (unpaired) electrons. The second-order valence-electron chi connectivity index (χ2n) is 5.17. The number of rotatable bonds is 4. The minimum absolute atomic E-state index is 0.168. The Balaban J connectivity index is 1.91. The molecule has 0 bridgehead atoms. The van der Waals surface area contributed by atoms with Crippen molar-refractivity contribution in [3.8, 4) is 11.5 Å². The molecule has 5 nitrogen and oxygen atoms in total. The Morgan fingerprint density at radius 2 is 1.91 bits per heavy atom. The number of ether oxygens (including phenoxy) is 3. The van der Waals surface area contributed by atoms with E-state index in [-0.39, 0.29) is 6.61 Å². The van der Waals surface area contributed by atoms with Crippen molar-refractivity contribution in [2.75, 3.05) is 13.2 Å². The van der Waals surface area contributed by atoms with Crippen LogP contribution in [0.3, 0.4) is 0 Å². The third-order valence-corrected chi connectivity index (χ3v) is 3.63. The molecular weight excluding hydrogens is 296 g/mol. The Bertz CT molecular complexity index is 683. The smallest absolute Gasteiger partial charge is 0.338 e. The molecule has 1 aliphatic heterocycles. The standard InChI is InChI=1S/C18H18O5/c1-2-21-18(20)13-8-9-14-15(10-13)23-17(16(11-19)22-14)12-6-4-3-5-7-12/h3-10,16-17,19H,2,11H2,1H3. The molecule has 120 valence electrons. The Morgan fingerprint density at radius 3 is 2.61 bits per heavy atom. The zero-order valence-corrected chi connectivity index (χ0v) is 12.8. The van der Waals surface area contributed by atoms with E-state index in [0.717, 1.165) is 5.56 Å². The van der Waals surface area contributed by atoms with Gasteiger partial charge in [-0.05, 0) is 30.7 Å². The van der Waals surface area contributed by atoms with Crippen LogP contribution in [-0.2, 0) is 4.74 Å². The first-order valence-electron chi connectivity index (χ1n) is 7.53. The number of aliphatic hydroxyl groups is 1. The van der Waals surface area contributed by atoms with Crippen LogP contribution in [0.4, 0.5) is 0 Å². The van der Waals surface area contributed by atoms with Crippen molar-refractivity contribution in [2.45, 2.75) is 19.1 Å². The molecule has 0 saturated carbocycles. The maximum atomic E-state index is 11.8. The lowest BCUT2D eigenvalue weighted by atomic mass is 10.0. The van der Waals surface area contributed by atoms with E-state index in [1.807, 2.05) is 30.3 Å². The third kappa shape index (κ3) is 3.14. The van der Waals surface area contributed by atoms with Crippen LogP contribution in [0.5, 0.6) is 11.5 Å². The van der Waals surface area contributed by atoms with Gasteiger partial charge in [-0.1, -0.05) is 30.3 Å². The molecule has 23 heavy (non-hydrogen) atoms.